The fourth-order valence-corrected chi connectivity index (χ4v) is 3.38. The van der Waals surface area contributed by atoms with Gasteiger partial charge in [0.05, 0.1) is 12.7 Å². The smallest absolute Gasteiger partial charge is 0.448 e. The summed E-state index contributed by atoms with van der Waals surface area (Å²) < 4.78 is 43.5. The van der Waals surface area contributed by atoms with Crippen molar-refractivity contribution in [2.24, 2.45) is 0 Å². The summed E-state index contributed by atoms with van der Waals surface area (Å²) in [5, 5.41) is 20.6. The van der Waals surface area contributed by atoms with E-state index in [1.807, 2.05) is 18.2 Å². The summed E-state index contributed by atoms with van der Waals surface area (Å²) in [4.78, 5) is 2.34. The van der Waals surface area contributed by atoms with Crippen LogP contribution in [0.25, 0.3) is 33.4 Å². The molecule has 0 saturated heterocycles. The molecule has 2 aromatic rings. The lowest BCUT2D eigenvalue weighted by Crippen LogP contribution is -2.79. The summed E-state index contributed by atoms with van der Waals surface area (Å²) in [6.45, 7) is -1.33. The Morgan fingerprint density at radius 2 is 1.72 bits per heavy atom. The molecule has 4 rings (SSSR count). The van der Waals surface area contributed by atoms with Gasteiger partial charge in [0.1, 0.15) is 17.1 Å². The van der Waals surface area contributed by atoms with E-state index >= 15 is 0 Å². The number of alkyl halides is 3. The Morgan fingerprint density at radius 3 is 2.48 bits per heavy atom. The van der Waals surface area contributed by atoms with E-state index in [0.29, 0.717) is 27.9 Å². The molecule has 148 valence electrons. The standard InChI is InChI=1S/C22H16F3NO3/c23-22(24,25)12-26-14-5-7-17-19(9-14)29-20-10-15(28)6-8-18(20)21(17)16-4-2-1-3-13(16)11-27/h1-10,27-28H,11-12H2/p+1. The maximum atomic E-state index is 12.5. The van der Waals surface area contributed by atoms with E-state index in [1.165, 1.54) is 18.2 Å². The Morgan fingerprint density at radius 1 is 0.931 bits per heavy atom. The Balaban J connectivity index is 2.04. The van der Waals surface area contributed by atoms with Gasteiger partial charge in [-0.2, -0.15) is 13.2 Å². The molecule has 2 aromatic carbocycles. The van der Waals surface area contributed by atoms with Gasteiger partial charge in [-0.3, -0.25) is 0 Å². The van der Waals surface area contributed by atoms with Crippen LogP contribution in [0, 0.1) is 0 Å². The highest BCUT2D eigenvalue weighted by Crippen LogP contribution is 2.41. The number of halogens is 3. The molecule has 0 spiro atoms. The van der Waals surface area contributed by atoms with Gasteiger partial charge in [-0.1, -0.05) is 24.3 Å². The summed E-state index contributed by atoms with van der Waals surface area (Å²) in [6.07, 6.45) is -4.34. The first-order valence-electron chi connectivity index (χ1n) is 8.88. The van der Waals surface area contributed by atoms with E-state index in [2.05, 4.69) is 4.99 Å². The first kappa shape index (κ1) is 19.0. The average molecular weight is 400 g/mol. The van der Waals surface area contributed by atoms with Crippen LogP contribution in [0.4, 0.5) is 13.2 Å². The molecule has 1 heterocycles. The van der Waals surface area contributed by atoms with E-state index in [4.69, 9.17) is 4.42 Å². The van der Waals surface area contributed by atoms with Gasteiger partial charge in [0.15, 0.2) is 0 Å². The van der Waals surface area contributed by atoms with Crippen LogP contribution in [0.2, 0.25) is 0 Å². The molecule has 3 N–H and O–H groups in total. The molecule has 0 aromatic heterocycles. The van der Waals surface area contributed by atoms with Crippen LogP contribution in [-0.4, -0.2) is 22.9 Å². The van der Waals surface area contributed by atoms with Gasteiger partial charge in [0.2, 0.25) is 11.9 Å². The van der Waals surface area contributed by atoms with E-state index in [-0.39, 0.29) is 17.7 Å². The van der Waals surface area contributed by atoms with Gasteiger partial charge in [-0.05, 0) is 29.3 Å². The number of fused-ring (bicyclic) bond motifs is 2. The molecule has 0 amide bonds. The molecular formula is C22H17F3NO3+. The summed E-state index contributed by atoms with van der Waals surface area (Å²) in [5.41, 5.74) is 3.32. The van der Waals surface area contributed by atoms with E-state index in [0.717, 1.165) is 11.1 Å². The summed E-state index contributed by atoms with van der Waals surface area (Å²) in [6, 6.07) is 16.8. The molecule has 0 bridgehead atoms. The second kappa shape index (κ2) is 7.25. The second-order valence-electron chi connectivity index (χ2n) is 6.65. The molecule has 2 aliphatic rings. The van der Waals surface area contributed by atoms with Gasteiger partial charge >= 0.3 is 6.18 Å². The van der Waals surface area contributed by atoms with Crippen molar-refractivity contribution in [2.75, 3.05) is 6.54 Å². The van der Waals surface area contributed by atoms with Gasteiger partial charge in [0, 0.05) is 28.6 Å². The summed E-state index contributed by atoms with van der Waals surface area (Å²) in [7, 11) is 0. The zero-order chi connectivity index (χ0) is 20.6. The lowest BCUT2D eigenvalue weighted by molar-refractivity contribution is -0.536. The lowest BCUT2D eigenvalue weighted by Gasteiger charge is -2.17. The Bertz CT molecular complexity index is 1230. The number of aliphatic hydroxyl groups excluding tert-OH is 1. The van der Waals surface area contributed by atoms with E-state index in [9.17, 15) is 23.4 Å². The largest absolute Gasteiger partial charge is 0.508 e. The topological polar surface area (TPSA) is 67.6 Å². The van der Waals surface area contributed by atoms with E-state index in [1.54, 1.807) is 24.3 Å². The van der Waals surface area contributed by atoms with Crippen LogP contribution >= 0.6 is 0 Å². The second-order valence-corrected chi connectivity index (χ2v) is 6.65. The first-order chi connectivity index (χ1) is 13.9. The van der Waals surface area contributed by atoms with Gasteiger partial charge in [0.25, 0.3) is 0 Å². The molecule has 1 aliphatic heterocycles. The molecule has 0 atom stereocenters. The highest BCUT2D eigenvalue weighted by molar-refractivity contribution is 6.02. The van der Waals surface area contributed by atoms with Gasteiger partial charge in [-0.25, -0.2) is 4.99 Å². The first-order valence-corrected chi connectivity index (χ1v) is 8.88. The maximum Gasteiger partial charge on any atom is 0.448 e. The number of aliphatic hydroxyl groups is 1. The fraction of sp³-hybridized carbons (Fsp3) is 0.136. The molecule has 0 radical (unpaired) electrons. The SMILES string of the molecule is OCc1ccccc1-c1c2ccc(=[NH+]CC(F)(F)F)cc-2oc2cc(O)ccc12. The fourth-order valence-electron chi connectivity index (χ4n) is 3.38. The molecule has 0 fully saturated rings. The quantitative estimate of drug-likeness (QED) is 0.463. The number of hydrogen-bond acceptors (Lipinski definition) is 3. The molecule has 7 heteroatoms. The van der Waals surface area contributed by atoms with Crippen molar-refractivity contribution in [2.45, 2.75) is 12.8 Å². The number of aromatic hydroxyl groups is 1. The van der Waals surface area contributed by atoms with Crippen LogP contribution in [0.5, 0.6) is 5.75 Å². The molecule has 29 heavy (non-hydrogen) atoms. The Labute approximate surface area is 163 Å². The minimum Gasteiger partial charge on any atom is -0.508 e. The van der Waals surface area contributed by atoms with Gasteiger partial charge < -0.3 is 14.6 Å². The zero-order valence-corrected chi connectivity index (χ0v) is 15.1. The van der Waals surface area contributed by atoms with Crippen molar-refractivity contribution >= 4 is 11.0 Å². The van der Waals surface area contributed by atoms with Crippen molar-refractivity contribution < 1.29 is 32.8 Å². The molecule has 0 unspecified atom stereocenters. The van der Waals surface area contributed by atoms with E-state index < -0.39 is 12.7 Å². The summed E-state index contributed by atoms with van der Waals surface area (Å²) >= 11 is 0. The van der Waals surface area contributed by atoms with Crippen LogP contribution in [0.15, 0.2) is 65.1 Å². The molecule has 1 aliphatic carbocycles. The number of benzene rings is 3. The monoisotopic (exact) mass is 400 g/mol. The van der Waals surface area contributed by atoms with Crippen LogP contribution < -0.4 is 10.3 Å². The number of nitrogens with one attached hydrogen (secondary N) is 1. The average Bonchev–Trinajstić information content (AvgIpc) is 2.69. The lowest BCUT2D eigenvalue weighted by atomic mass is 9.91. The molecule has 4 nitrogen and oxygen atoms in total. The Kier molecular flexibility index (Phi) is 4.76. The maximum absolute atomic E-state index is 12.5. The van der Waals surface area contributed by atoms with Crippen molar-refractivity contribution in [3.05, 3.63) is 71.6 Å². The number of hydrogen-bond donors (Lipinski definition) is 3. The van der Waals surface area contributed by atoms with Gasteiger partial charge in [-0.15, -0.1) is 0 Å². The highest BCUT2D eigenvalue weighted by Gasteiger charge is 2.30. The van der Waals surface area contributed by atoms with Crippen molar-refractivity contribution in [3.63, 3.8) is 0 Å². The number of rotatable bonds is 3. The predicted molar refractivity (Wildman–Crippen MR) is 101 cm³/mol. The third kappa shape index (κ3) is 3.82. The third-order valence-electron chi connectivity index (χ3n) is 4.66. The predicted octanol–water partition coefficient (Wildman–Crippen LogP) is 2.95. The highest BCUT2D eigenvalue weighted by atomic mass is 19.4. The normalized spacial score (nSPS) is 12.8. The minimum atomic E-state index is -4.34. The van der Waals surface area contributed by atoms with Crippen LogP contribution in [0.3, 0.4) is 0 Å². The summed E-state index contributed by atoms with van der Waals surface area (Å²) in [5.74, 6) is 0.367. The minimum absolute atomic E-state index is 0.00773. The van der Waals surface area contributed by atoms with Crippen molar-refractivity contribution in [1.82, 2.24) is 0 Å². The number of phenols is 1. The van der Waals surface area contributed by atoms with Crippen LogP contribution in [-0.2, 0) is 6.61 Å². The van der Waals surface area contributed by atoms with Crippen molar-refractivity contribution in [3.8, 4) is 28.2 Å². The Hall–Kier alpha value is -3.32. The molecule has 0 saturated carbocycles. The number of phenolic OH excluding ortho intramolecular Hbond substituents is 1. The molecular weight excluding hydrogens is 383 g/mol. The van der Waals surface area contributed by atoms with Crippen molar-refractivity contribution in [1.29, 1.82) is 0 Å². The zero-order valence-electron chi connectivity index (χ0n) is 15.1. The van der Waals surface area contributed by atoms with Crippen LogP contribution in [0.1, 0.15) is 5.56 Å². The third-order valence-corrected chi connectivity index (χ3v) is 4.66.